The molecule has 0 heterocycles. The number of hydrogen-bond acceptors (Lipinski definition) is 8. The average molecular weight is 941 g/mol. The first kappa shape index (κ1) is 51.6. The zero-order valence-electron chi connectivity index (χ0n) is 39.5. The number of benzene rings is 4. The SMILES string of the molecule is CCCCCC1CCCC(C(F)(F)Oc2ccc(/C=C/C(=O)OCc3cc(N)ccc3-c3ccc(N)cc3COC(=O)/C=C/c3ccc(OC(F)(F)C4CCCC(CCCCC)C4)cc3)cc2)C1. The van der Waals surface area contributed by atoms with Gasteiger partial charge in [0.15, 0.2) is 0 Å². The summed E-state index contributed by atoms with van der Waals surface area (Å²) in [6.45, 7) is 4.00. The number of rotatable bonds is 23. The fourth-order valence-corrected chi connectivity index (χ4v) is 9.57. The Morgan fingerprint density at radius 1 is 0.574 bits per heavy atom. The quantitative estimate of drug-likeness (QED) is 0.0248. The summed E-state index contributed by atoms with van der Waals surface area (Å²) in [6, 6.07) is 22.6. The molecule has 4 aromatic carbocycles. The summed E-state index contributed by atoms with van der Waals surface area (Å²) in [4.78, 5) is 25.8. The van der Waals surface area contributed by atoms with Crippen molar-refractivity contribution in [3.8, 4) is 22.6 Å². The summed E-state index contributed by atoms with van der Waals surface area (Å²) < 4.78 is 82.7. The summed E-state index contributed by atoms with van der Waals surface area (Å²) in [7, 11) is 0. The summed E-state index contributed by atoms with van der Waals surface area (Å²) >= 11 is 0. The van der Waals surface area contributed by atoms with Gasteiger partial charge < -0.3 is 30.4 Å². The Labute approximate surface area is 399 Å². The lowest BCUT2D eigenvalue weighted by molar-refractivity contribution is -0.225. The van der Waals surface area contributed by atoms with Crippen molar-refractivity contribution in [3.05, 3.63) is 119 Å². The molecule has 4 atom stereocenters. The highest BCUT2D eigenvalue weighted by atomic mass is 19.3. The van der Waals surface area contributed by atoms with Crippen LogP contribution in [-0.4, -0.2) is 24.2 Å². The maximum absolute atomic E-state index is 15.2. The Balaban J connectivity index is 1.00. The van der Waals surface area contributed by atoms with Gasteiger partial charge in [-0.05, 0) is 132 Å². The van der Waals surface area contributed by atoms with Gasteiger partial charge in [0.05, 0.1) is 11.8 Å². The van der Waals surface area contributed by atoms with Crippen LogP contribution < -0.4 is 20.9 Å². The number of ether oxygens (including phenoxy) is 4. The molecule has 0 radical (unpaired) electrons. The molecule has 4 N–H and O–H groups in total. The van der Waals surface area contributed by atoms with Crippen molar-refractivity contribution >= 4 is 35.5 Å². The Morgan fingerprint density at radius 3 is 1.35 bits per heavy atom. The van der Waals surface area contributed by atoms with Crippen molar-refractivity contribution < 1.29 is 46.1 Å². The van der Waals surface area contributed by atoms with Gasteiger partial charge in [-0.1, -0.05) is 127 Å². The molecule has 0 bridgehead atoms. The van der Waals surface area contributed by atoms with Gasteiger partial charge in [-0.3, -0.25) is 0 Å². The molecule has 2 fully saturated rings. The first-order chi connectivity index (χ1) is 32.7. The minimum atomic E-state index is -3.27. The van der Waals surface area contributed by atoms with E-state index < -0.39 is 36.0 Å². The van der Waals surface area contributed by atoms with Gasteiger partial charge >= 0.3 is 24.2 Å². The van der Waals surface area contributed by atoms with Crippen molar-refractivity contribution in [2.45, 2.75) is 142 Å². The number of halogens is 4. The van der Waals surface area contributed by atoms with Crippen LogP contribution in [0.15, 0.2) is 97.1 Å². The molecule has 4 aromatic rings. The minimum absolute atomic E-state index is 0.0610. The molecule has 2 saturated carbocycles. The number of unbranched alkanes of at least 4 members (excludes halogenated alkanes) is 4. The number of carbonyl (C=O) groups excluding carboxylic acids is 2. The third-order valence-electron chi connectivity index (χ3n) is 13.3. The van der Waals surface area contributed by atoms with E-state index in [1.807, 2.05) is 0 Å². The van der Waals surface area contributed by atoms with Crippen molar-refractivity contribution in [3.63, 3.8) is 0 Å². The Kier molecular flexibility index (Phi) is 19.0. The van der Waals surface area contributed by atoms with Crippen LogP contribution in [0.1, 0.15) is 139 Å². The Hall–Kier alpha value is -5.78. The Morgan fingerprint density at radius 2 is 0.971 bits per heavy atom. The summed E-state index contributed by atoms with van der Waals surface area (Å²) in [5, 5.41) is 0. The smallest absolute Gasteiger partial charge is 0.400 e. The molecule has 0 saturated heterocycles. The summed E-state index contributed by atoms with van der Waals surface area (Å²) in [5.41, 5.74) is 16.9. The number of hydrogen-bond donors (Lipinski definition) is 2. The molecule has 12 heteroatoms. The largest absolute Gasteiger partial charge is 0.458 e. The van der Waals surface area contributed by atoms with Crippen molar-refractivity contribution in [1.82, 2.24) is 0 Å². The molecule has 6 rings (SSSR count). The maximum Gasteiger partial charge on any atom is 0.400 e. The molecular formula is C56H68F4N2O6. The number of alkyl halides is 4. The van der Waals surface area contributed by atoms with E-state index >= 15 is 17.6 Å². The van der Waals surface area contributed by atoms with Crippen LogP contribution in [-0.2, 0) is 32.3 Å². The highest BCUT2D eigenvalue weighted by molar-refractivity contribution is 5.88. The fourth-order valence-electron chi connectivity index (χ4n) is 9.57. The highest BCUT2D eigenvalue weighted by Gasteiger charge is 2.45. The molecule has 0 aromatic heterocycles. The number of nitrogens with two attached hydrogens (primary N) is 2. The first-order valence-corrected chi connectivity index (χ1v) is 24.5. The number of nitrogen functional groups attached to an aromatic ring is 2. The second kappa shape index (κ2) is 25.0. The monoisotopic (exact) mass is 941 g/mol. The highest BCUT2D eigenvalue weighted by Crippen LogP contribution is 2.43. The maximum atomic E-state index is 15.2. The molecule has 366 valence electrons. The standard InChI is InChI=1S/C56H68F4N2O6/c1-3-5-7-11-41-13-9-15-45(33-41)55(57,58)67-49-25-17-39(18-26-49)21-31-53(63)65-37-43-35-47(61)23-29-51(43)52-30-24-48(62)36-44(52)38-66-54(64)32-22-40-19-27-50(28-20-40)68-56(59,60)46-16-10-14-42(34-46)12-8-6-4-2/h17-32,35-36,41-42,45-46H,3-16,33-34,37-38,61-62H2,1-2H3/b31-21+,32-22+. The van der Waals surface area contributed by atoms with E-state index in [1.165, 1.54) is 48.6 Å². The van der Waals surface area contributed by atoms with Gasteiger partial charge in [0.25, 0.3) is 0 Å². The number of anilines is 2. The zero-order chi connectivity index (χ0) is 48.5. The summed E-state index contributed by atoms with van der Waals surface area (Å²) in [5.74, 6) is -2.18. The van der Waals surface area contributed by atoms with Gasteiger partial charge in [-0.25, -0.2) is 9.59 Å². The predicted molar refractivity (Wildman–Crippen MR) is 262 cm³/mol. The topological polar surface area (TPSA) is 123 Å². The van der Waals surface area contributed by atoms with Crippen LogP contribution >= 0.6 is 0 Å². The van der Waals surface area contributed by atoms with E-state index in [-0.39, 0.29) is 24.7 Å². The van der Waals surface area contributed by atoms with Gasteiger partial charge in [-0.2, -0.15) is 17.6 Å². The molecule has 4 unspecified atom stereocenters. The van der Waals surface area contributed by atoms with Gasteiger partial charge in [0, 0.05) is 23.5 Å². The second-order valence-electron chi connectivity index (χ2n) is 18.6. The zero-order valence-corrected chi connectivity index (χ0v) is 39.5. The van der Waals surface area contributed by atoms with Crippen LogP contribution in [0.4, 0.5) is 28.9 Å². The van der Waals surface area contributed by atoms with E-state index in [4.69, 9.17) is 30.4 Å². The molecular weight excluding hydrogens is 873 g/mol. The van der Waals surface area contributed by atoms with Crippen molar-refractivity contribution in [2.75, 3.05) is 11.5 Å². The lowest BCUT2D eigenvalue weighted by Gasteiger charge is -2.34. The molecule has 0 amide bonds. The Bertz CT molecular complexity index is 2140. The van der Waals surface area contributed by atoms with Gasteiger partial charge in [-0.15, -0.1) is 0 Å². The van der Waals surface area contributed by atoms with Crippen molar-refractivity contribution in [2.24, 2.45) is 23.7 Å². The predicted octanol–water partition coefficient (Wildman–Crippen LogP) is 14.7. The third kappa shape index (κ3) is 15.6. The van der Waals surface area contributed by atoms with E-state index in [1.54, 1.807) is 60.7 Å². The fraction of sp³-hybridized carbons (Fsp3) is 0.464. The molecule has 68 heavy (non-hydrogen) atoms. The van der Waals surface area contributed by atoms with E-state index in [0.29, 0.717) is 82.3 Å². The van der Waals surface area contributed by atoms with Crippen LogP contribution in [0.3, 0.4) is 0 Å². The normalized spacial score (nSPS) is 19.0. The molecule has 8 nitrogen and oxygen atoms in total. The second-order valence-corrected chi connectivity index (χ2v) is 18.6. The van der Waals surface area contributed by atoms with Crippen LogP contribution in [0.25, 0.3) is 23.3 Å². The van der Waals surface area contributed by atoms with E-state index in [0.717, 1.165) is 77.0 Å². The van der Waals surface area contributed by atoms with Gasteiger partial charge in [0.2, 0.25) is 0 Å². The lowest BCUT2D eigenvalue weighted by Crippen LogP contribution is -2.37. The van der Waals surface area contributed by atoms with Crippen molar-refractivity contribution in [1.29, 1.82) is 0 Å². The lowest BCUT2D eigenvalue weighted by atomic mass is 9.78. The third-order valence-corrected chi connectivity index (χ3v) is 13.3. The van der Waals surface area contributed by atoms with E-state index in [9.17, 15) is 9.59 Å². The van der Waals surface area contributed by atoms with Gasteiger partial charge in [0.1, 0.15) is 24.7 Å². The molecule has 2 aliphatic carbocycles. The van der Waals surface area contributed by atoms with Crippen LogP contribution in [0.2, 0.25) is 0 Å². The van der Waals surface area contributed by atoms with Crippen LogP contribution in [0, 0.1) is 23.7 Å². The average Bonchev–Trinajstić information content (AvgIpc) is 3.32. The first-order valence-electron chi connectivity index (χ1n) is 24.5. The number of esters is 2. The molecule has 2 aliphatic rings. The minimum Gasteiger partial charge on any atom is -0.458 e. The number of carbonyl (C=O) groups is 2. The summed E-state index contributed by atoms with van der Waals surface area (Å²) in [6.07, 6.45) is 13.0. The van der Waals surface area contributed by atoms with E-state index in [2.05, 4.69) is 13.8 Å². The molecule has 0 aliphatic heterocycles. The molecule has 0 spiro atoms. The van der Waals surface area contributed by atoms with Crippen LogP contribution in [0.5, 0.6) is 11.5 Å².